The average molecular weight is 428 g/mol. The monoisotopic (exact) mass is 427 g/mol. The Morgan fingerprint density at radius 2 is 1.90 bits per heavy atom. The van der Waals surface area contributed by atoms with Gasteiger partial charge in [-0.1, -0.05) is 30.2 Å². The molecule has 6 nitrogen and oxygen atoms in total. The Bertz CT molecular complexity index is 943. The van der Waals surface area contributed by atoms with Crippen LogP contribution in [0.2, 0.25) is 5.02 Å². The van der Waals surface area contributed by atoms with E-state index < -0.39 is 6.10 Å². The van der Waals surface area contributed by atoms with Crippen molar-refractivity contribution in [3.05, 3.63) is 53.1 Å². The van der Waals surface area contributed by atoms with Crippen LogP contribution in [-0.4, -0.2) is 49.0 Å². The van der Waals surface area contributed by atoms with Crippen molar-refractivity contribution in [3.63, 3.8) is 0 Å². The molecule has 1 fully saturated rings. The molecule has 0 bridgehead atoms. The van der Waals surface area contributed by atoms with Crippen LogP contribution in [0.15, 0.2) is 42.5 Å². The fourth-order valence-electron chi connectivity index (χ4n) is 3.98. The van der Waals surface area contributed by atoms with Gasteiger partial charge in [-0.05, 0) is 63.2 Å². The molecule has 1 N–H and O–H groups in total. The van der Waals surface area contributed by atoms with Crippen LogP contribution in [0, 0.1) is 0 Å². The van der Waals surface area contributed by atoms with Gasteiger partial charge in [0.2, 0.25) is 0 Å². The molecule has 1 unspecified atom stereocenters. The number of ether oxygens (including phenoxy) is 1. The Morgan fingerprint density at radius 3 is 2.67 bits per heavy atom. The minimum Gasteiger partial charge on any atom is -0.479 e. The number of carbonyl (C=O) groups is 2. The van der Waals surface area contributed by atoms with Crippen LogP contribution >= 0.6 is 11.6 Å². The normalized spacial score (nSPS) is 19.2. The van der Waals surface area contributed by atoms with Crippen LogP contribution in [0.3, 0.4) is 0 Å². The summed E-state index contributed by atoms with van der Waals surface area (Å²) in [6.45, 7) is 5.35. The van der Waals surface area contributed by atoms with Gasteiger partial charge < -0.3 is 19.9 Å². The summed E-state index contributed by atoms with van der Waals surface area (Å²) in [5, 5.41) is 3.27. The van der Waals surface area contributed by atoms with Crippen molar-refractivity contribution in [2.45, 2.75) is 32.3 Å². The Kier molecular flexibility index (Phi) is 6.25. The van der Waals surface area contributed by atoms with Gasteiger partial charge in [0.25, 0.3) is 11.8 Å². The number of anilines is 2. The van der Waals surface area contributed by atoms with Crippen molar-refractivity contribution in [2.24, 2.45) is 0 Å². The van der Waals surface area contributed by atoms with E-state index in [4.69, 9.17) is 16.3 Å². The van der Waals surface area contributed by atoms with Gasteiger partial charge in [0.15, 0.2) is 6.10 Å². The SMILES string of the molecule is CC1Oc2ccc(NC(=O)c3ccccc3Cl)cc2N(CCN2CCCCC2)C1=O. The van der Waals surface area contributed by atoms with Crippen molar-refractivity contribution >= 4 is 34.8 Å². The number of hydrogen-bond acceptors (Lipinski definition) is 4. The van der Waals surface area contributed by atoms with E-state index in [1.165, 1.54) is 19.3 Å². The summed E-state index contributed by atoms with van der Waals surface area (Å²) in [6, 6.07) is 12.3. The van der Waals surface area contributed by atoms with Gasteiger partial charge in [-0.3, -0.25) is 9.59 Å². The minimum atomic E-state index is -0.526. The number of fused-ring (bicyclic) bond motifs is 1. The zero-order valence-corrected chi connectivity index (χ0v) is 17.8. The number of rotatable bonds is 5. The van der Waals surface area contributed by atoms with Crippen LogP contribution in [0.4, 0.5) is 11.4 Å². The van der Waals surface area contributed by atoms with Gasteiger partial charge in [-0.25, -0.2) is 0 Å². The van der Waals surface area contributed by atoms with E-state index in [2.05, 4.69) is 10.2 Å². The highest BCUT2D eigenvalue weighted by Gasteiger charge is 2.32. The second-order valence-electron chi connectivity index (χ2n) is 7.77. The number of benzene rings is 2. The van der Waals surface area contributed by atoms with Gasteiger partial charge in [0, 0.05) is 18.8 Å². The van der Waals surface area contributed by atoms with Crippen LogP contribution in [-0.2, 0) is 4.79 Å². The minimum absolute atomic E-state index is 0.0610. The molecule has 2 heterocycles. The number of carbonyl (C=O) groups excluding carboxylic acids is 2. The molecule has 30 heavy (non-hydrogen) atoms. The molecule has 0 aromatic heterocycles. The highest BCUT2D eigenvalue weighted by atomic mass is 35.5. The molecule has 2 aliphatic heterocycles. The molecule has 2 aromatic rings. The summed E-state index contributed by atoms with van der Waals surface area (Å²) < 4.78 is 5.79. The van der Waals surface area contributed by atoms with Gasteiger partial charge in [0.05, 0.1) is 16.3 Å². The van der Waals surface area contributed by atoms with Crippen molar-refractivity contribution in [1.29, 1.82) is 0 Å². The molecular formula is C23H26ClN3O3. The Morgan fingerprint density at radius 1 is 1.13 bits per heavy atom. The lowest BCUT2D eigenvalue weighted by atomic mass is 10.1. The molecule has 4 rings (SSSR count). The van der Waals surface area contributed by atoms with E-state index in [1.807, 2.05) is 0 Å². The number of nitrogens with zero attached hydrogens (tertiary/aromatic N) is 2. The average Bonchev–Trinajstić information content (AvgIpc) is 2.75. The van der Waals surface area contributed by atoms with Gasteiger partial charge in [0.1, 0.15) is 5.75 Å². The first-order valence-electron chi connectivity index (χ1n) is 10.4. The number of piperidine rings is 1. The quantitative estimate of drug-likeness (QED) is 0.777. The molecule has 0 aliphatic carbocycles. The van der Waals surface area contributed by atoms with Crippen LogP contribution in [0.1, 0.15) is 36.5 Å². The van der Waals surface area contributed by atoms with Crippen LogP contribution in [0.5, 0.6) is 5.75 Å². The summed E-state index contributed by atoms with van der Waals surface area (Å²) in [7, 11) is 0. The lowest BCUT2D eigenvalue weighted by molar-refractivity contribution is -0.125. The van der Waals surface area contributed by atoms with Crippen molar-refractivity contribution in [2.75, 3.05) is 36.4 Å². The number of nitrogens with one attached hydrogen (secondary N) is 1. The highest BCUT2D eigenvalue weighted by molar-refractivity contribution is 6.34. The van der Waals surface area contributed by atoms with E-state index >= 15 is 0 Å². The summed E-state index contributed by atoms with van der Waals surface area (Å²) in [5.41, 5.74) is 1.68. The predicted molar refractivity (Wildman–Crippen MR) is 119 cm³/mol. The summed E-state index contributed by atoms with van der Waals surface area (Å²) in [6.07, 6.45) is 3.17. The molecule has 0 spiro atoms. The van der Waals surface area contributed by atoms with Gasteiger partial charge >= 0.3 is 0 Å². The number of halogens is 1. The molecule has 0 radical (unpaired) electrons. The molecule has 7 heteroatoms. The first kappa shape index (κ1) is 20.7. The summed E-state index contributed by atoms with van der Waals surface area (Å²) >= 11 is 6.14. The van der Waals surface area contributed by atoms with E-state index in [0.717, 1.165) is 19.6 Å². The maximum atomic E-state index is 12.8. The van der Waals surface area contributed by atoms with E-state index in [1.54, 1.807) is 54.3 Å². The molecule has 2 aromatic carbocycles. The maximum absolute atomic E-state index is 12.8. The zero-order chi connectivity index (χ0) is 21.1. The first-order chi connectivity index (χ1) is 14.5. The lowest BCUT2D eigenvalue weighted by Gasteiger charge is -2.35. The predicted octanol–water partition coefficient (Wildman–Crippen LogP) is 4.19. The molecular weight excluding hydrogens is 402 g/mol. The second kappa shape index (κ2) is 9.06. The molecule has 2 amide bonds. The Balaban J connectivity index is 1.54. The number of likely N-dealkylation sites (tertiary alicyclic amines) is 1. The second-order valence-corrected chi connectivity index (χ2v) is 8.18. The third kappa shape index (κ3) is 4.45. The smallest absolute Gasteiger partial charge is 0.267 e. The molecule has 158 valence electrons. The van der Waals surface area contributed by atoms with Crippen molar-refractivity contribution in [3.8, 4) is 5.75 Å². The third-order valence-corrected chi connectivity index (χ3v) is 5.96. The lowest BCUT2D eigenvalue weighted by Crippen LogP contribution is -2.48. The fraction of sp³-hybridized carbons (Fsp3) is 0.391. The third-order valence-electron chi connectivity index (χ3n) is 5.63. The first-order valence-corrected chi connectivity index (χ1v) is 10.8. The molecule has 2 aliphatic rings. The topological polar surface area (TPSA) is 61.9 Å². The fourth-order valence-corrected chi connectivity index (χ4v) is 4.21. The zero-order valence-electron chi connectivity index (χ0n) is 17.1. The number of amides is 2. The van der Waals surface area contributed by atoms with Gasteiger partial charge in [-0.15, -0.1) is 0 Å². The molecule has 1 atom stereocenters. The standard InChI is InChI=1S/C23H26ClN3O3/c1-16-23(29)27(14-13-26-11-5-2-6-12-26)20-15-17(9-10-21(20)30-16)25-22(28)18-7-3-4-8-19(18)24/h3-4,7-10,15-16H,2,5-6,11-14H2,1H3,(H,25,28). The van der Waals surface area contributed by atoms with Gasteiger partial charge in [-0.2, -0.15) is 0 Å². The molecule has 1 saturated heterocycles. The summed E-state index contributed by atoms with van der Waals surface area (Å²) in [4.78, 5) is 29.6. The largest absolute Gasteiger partial charge is 0.479 e. The maximum Gasteiger partial charge on any atom is 0.267 e. The summed E-state index contributed by atoms with van der Waals surface area (Å²) in [5.74, 6) is 0.294. The number of hydrogen-bond donors (Lipinski definition) is 1. The Hall–Kier alpha value is -2.57. The van der Waals surface area contributed by atoms with Crippen LogP contribution in [0.25, 0.3) is 0 Å². The van der Waals surface area contributed by atoms with Crippen LogP contribution < -0.4 is 15.0 Å². The highest BCUT2D eigenvalue weighted by Crippen LogP contribution is 2.36. The van der Waals surface area contributed by atoms with E-state index in [0.29, 0.717) is 34.3 Å². The van der Waals surface area contributed by atoms with E-state index in [9.17, 15) is 9.59 Å². The molecule has 0 saturated carbocycles. The van der Waals surface area contributed by atoms with Crippen molar-refractivity contribution < 1.29 is 14.3 Å². The Labute approximate surface area is 181 Å². The van der Waals surface area contributed by atoms with Crippen molar-refractivity contribution in [1.82, 2.24) is 4.90 Å². The van der Waals surface area contributed by atoms with E-state index in [-0.39, 0.29) is 11.8 Å².